The van der Waals surface area contributed by atoms with Gasteiger partial charge in [-0.15, -0.1) is 0 Å². The van der Waals surface area contributed by atoms with Crippen molar-refractivity contribution < 1.29 is 8.78 Å². The number of hydrogen-bond acceptors (Lipinski definition) is 0. The topological polar surface area (TPSA) is 0 Å². The summed E-state index contributed by atoms with van der Waals surface area (Å²) < 4.78 is 26.3. The van der Waals surface area contributed by atoms with Crippen LogP contribution in [0.1, 0.15) is 12.5 Å². The summed E-state index contributed by atoms with van der Waals surface area (Å²) in [6, 6.07) is 16.0. The minimum absolute atomic E-state index is 0.0499. The van der Waals surface area contributed by atoms with E-state index in [1.54, 1.807) is 6.07 Å². The average molecular weight is 218 g/mol. The van der Waals surface area contributed by atoms with Crippen LogP contribution >= 0.6 is 0 Å². The van der Waals surface area contributed by atoms with Gasteiger partial charge in [0.1, 0.15) is 0 Å². The fourth-order valence-electron chi connectivity index (χ4n) is 1.60. The lowest BCUT2D eigenvalue weighted by molar-refractivity contribution is 0.0175. The molecule has 0 aliphatic rings. The van der Waals surface area contributed by atoms with Crippen molar-refractivity contribution in [2.45, 2.75) is 12.8 Å². The van der Waals surface area contributed by atoms with E-state index in [4.69, 9.17) is 0 Å². The third kappa shape index (κ3) is 2.27. The lowest BCUT2D eigenvalue weighted by Crippen LogP contribution is -2.06. The SMILES string of the molecule is CC(F)(F)c1cccc(-c2ccccc2)c1. The van der Waals surface area contributed by atoms with Crippen LogP contribution in [0.15, 0.2) is 54.6 Å². The van der Waals surface area contributed by atoms with Gasteiger partial charge in [0.05, 0.1) is 0 Å². The third-order valence-corrected chi connectivity index (χ3v) is 2.48. The zero-order valence-electron chi connectivity index (χ0n) is 8.95. The van der Waals surface area contributed by atoms with Gasteiger partial charge in [-0.1, -0.05) is 48.5 Å². The molecule has 0 amide bonds. The second-order valence-corrected chi connectivity index (χ2v) is 3.84. The molecule has 0 radical (unpaired) electrons. The smallest absolute Gasteiger partial charge is 0.202 e. The number of hydrogen-bond donors (Lipinski definition) is 0. The molecule has 0 fully saturated rings. The van der Waals surface area contributed by atoms with Crippen molar-refractivity contribution in [3.8, 4) is 11.1 Å². The van der Waals surface area contributed by atoms with E-state index in [0.717, 1.165) is 18.1 Å². The van der Waals surface area contributed by atoms with Crippen molar-refractivity contribution in [1.29, 1.82) is 0 Å². The fourth-order valence-corrected chi connectivity index (χ4v) is 1.60. The van der Waals surface area contributed by atoms with Crippen molar-refractivity contribution in [2.75, 3.05) is 0 Å². The molecule has 2 heteroatoms. The van der Waals surface area contributed by atoms with Crippen molar-refractivity contribution in [3.63, 3.8) is 0 Å². The lowest BCUT2D eigenvalue weighted by atomic mass is 10.0. The Kier molecular flexibility index (Phi) is 2.73. The monoisotopic (exact) mass is 218 g/mol. The number of alkyl halides is 2. The van der Waals surface area contributed by atoms with Crippen LogP contribution in [0.25, 0.3) is 11.1 Å². The summed E-state index contributed by atoms with van der Waals surface area (Å²) in [6.07, 6.45) is 0. The van der Waals surface area contributed by atoms with E-state index in [9.17, 15) is 8.78 Å². The minimum atomic E-state index is -2.79. The predicted molar refractivity (Wildman–Crippen MR) is 61.4 cm³/mol. The Labute approximate surface area is 93.5 Å². The molecule has 2 rings (SSSR count). The van der Waals surface area contributed by atoms with Crippen molar-refractivity contribution in [1.82, 2.24) is 0 Å². The Balaban J connectivity index is 2.45. The molecule has 82 valence electrons. The Morgan fingerprint density at radius 3 is 2.06 bits per heavy atom. The maximum absolute atomic E-state index is 13.2. The molecular weight excluding hydrogens is 206 g/mol. The second kappa shape index (κ2) is 4.05. The Hall–Kier alpha value is -1.70. The first-order valence-corrected chi connectivity index (χ1v) is 5.11. The zero-order valence-corrected chi connectivity index (χ0v) is 8.95. The van der Waals surface area contributed by atoms with Crippen molar-refractivity contribution in [2.24, 2.45) is 0 Å². The highest BCUT2D eigenvalue weighted by atomic mass is 19.3. The van der Waals surface area contributed by atoms with Gasteiger partial charge in [0, 0.05) is 12.5 Å². The number of rotatable bonds is 2. The van der Waals surface area contributed by atoms with Crippen LogP contribution in [-0.2, 0) is 5.92 Å². The molecule has 0 aromatic heterocycles. The van der Waals surface area contributed by atoms with Gasteiger partial charge in [0.2, 0.25) is 0 Å². The summed E-state index contributed by atoms with van der Waals surface area (Å²) in [4.78, 5) is 0. The van der Waals surface area contributed by atoms with Crippen LogP contribution in [-0.4, -0.2) is 0 Å². The average Bonchev–Trinajstić information content (AvgIpc) is 2.29. The largest absolute Gasteiger partial charge is 0.270 e. The standard InChI is InChI=1S/C14H12F2/c1-14(15,16)13-9-5-8-12(10-13)11-6-3-2-4-7-11/h2-10H,1H3. The van der Waals surface area contributed by atoms with Gasteiger partial charge in [0.15, 0.2) is 0 Å². The zero-order chi connectivity index (χ0) is 11.6. The molecule has 16 heavy (non-hydrogen) atoms. The van der Waals surface area contributed by atoms with Crippen LogP contribution in [0.2, 0.25) is 0 Å². The van der Waals surface area contributed by atoms with Crippen molar-refractivity contribution in [3.05, 3.63) is 60.2 Å². The first-order chi connectivity index (χ1) is 7.57. The van der Waals surface area contributed by atoms with Crippen molar-refractivity contribution >= 4 is 0 Å². The summed E-state index contributed by atoms with van der Waals surface area (Å²) in [6.45, 7) is 0.914. The summed E-state index contributed by atoms with van der Waals surface area (Å²) in [5.41, 5.74) is 1.82. The lowest BCUT2D eigenvalue weighted by Gasteiger charge is -2.11. The molecule has 0 unspecified atom stereocenters. The molecule has 0 saturated heterocycles. The molecule has 0 N–H and O–H groups in total. The molecule has 2 aromatic rings. The van der Waals surface area contributed by atoms with Gasteiger partial charge >= 0.3 is 0 Å². The van der Waals surface area contributed by atoms with Gasteiger partial charge in [-0.2, -0.15) is 0 Å². The number of benzene rings is 2. The Morgan fingerprint density at radius 2 is 1.44 bits per heavy atom. The van der Waals surface area contributed by atoms with Gasteiger partial charge < -0.3 is 0 Å². The van der Waals surface area contributed by atoms with E-state index in [1.807, 2.05) is 36.4 Å². The first-order valence-electron chi connectivity index (χ1n) is 5.11. The van der Waals surface area contributed by atoms with Gasteiger partial charge in [-0.25, -0.2) is 8.78 Å². The molecule has 0 heterocycles. The van der Waals surface area contributed by atoms with E-state index >= 15 is 0 Å². The minimum Gasteiger partial charge on any atom is -0.202 e. The van der Waals surface area contributed by atoms with Crippen LogP contribution in [0, 0.1) is 0 Å². The molecule has 0 spiro atoms. The highest BCUT2D eigenvalue weighted by Gasteiger charge is 2.24. The van der Waals surface area contributed by atoms with E-state index in [2.05, 4.69) is 0 Å². The van der Waals surface area contributed by atoms with Crippen LogP contribution in [0.4, 0.5) is 8.78 Å². The van der Waals surface area contributed by atoms with E-state index in [1.165, 1.54) is 12.1 Å². The Morgan fingerprint density at radius 1 is 0.812 bits per heavy atom. The van der Waals surface area contributed by atoms with Gasteiger partial charge in [-0.05, 0) is 17.2 Å². The summed E-state index contributed by atoms with van der Waals surface area (Å²) in [7, 11) is 0. The number of halogens is 2. The normalized spacial score (nSPS) is 11.4. The van der Waals surface area contributed by atoms with Crippen LogP contribution in [0.3, 0.4) is 0 Å². The second-order valence-electron chi connectivity index (χ2n) is 3.84. The van der Waals surface area contributed by atoms with Gasteiger partial charge in [0.25, 0.3) is 5.92 Å². The highest BCUT2D eigenvalue weighted by Crippen LogP contribution is 2.30. The maximum atomic E-state index is 13.2. The quantitative estimate of drug-likeness (QED) is 0.697. The van der Waals surface area contributed by atoms with Crippen LogP contribution < -0.4 is 0 Å². The first kappa shape index (κ1) is 10.8. The molecule has 2 aromatic carbocycles. The molecule has 0 atom stereocenters. The third-order valence-electron chi connectivity index (χ3n) is 2.48. The van der Waals surface area contributed by atoms with Gasteiger partial charge in [-0.3, -0.25) is 0 Å². The Bertz CT molecular complexity index is 470. The molecule has 0 nitrogen and oxygen atoms in total. The molecule has 0 aliphatic carbocycles. The fraction of sp³-hybridized carbons (Fsp3) is 0.143. The summed E-state index contributed by atoms with van der Waals surface area (Å²) in [5, 5.41) is 0. The van der Waals surface area contributed by atoms with E-state index in [0.29, 0.717) is 0 Å². The molecular formula is C14H12F2. The highest BCUT2D eigenvalue weighted by molar-refractivity contribution is 5.64. The summed E-state index contributed by atoms with van der Waals surface area (Å²) in [5.74, 6) is -2.79. The predicted octanol–water partition coefficient (Wildman–Crippen LogP) is 4.47. The van der Waals surface area contributed by atoms with Crippen LogP contribution in [0.5, 0.6) is 0 Å². The molecule has 0 saturated carbocycles. The van der Waals surface area contributed by atoms with E-state index in [-0.39, 0.29) is 5.56 Å². The molecule has 0 bridgehead atoms. The van der Waals surface area contributed by atoms with E-state index < -0.39 is 5.92 Å². The maximum Gasteiger partial charge on any atom is 0.270 e. The molecule has 0 aliphatic heterocycles. The summed E-state index contributed by atoms with van der Waals surface area (Å²) >= 11 is 0.